The first-order valence-corrected chi connectivity index (χ1v) is 10.9. The highest BCUT2D eigenvalue weighted by Crippen LogP contribution is 2.41. The van der Waals surface area contributed by atoms with E-state index in [4.69, 9.17) is 9.47 Å². The Morgan fingerprint density at radius 2 is 1.76 bits per heavy atom. The van der Waals surface area contributed by atoms with Crippen molar-refractivity contribution in [3.63, 3.8) is 0 Å². The number of nitrogens with zero attached hydrogens (tertiary/aromatic N) is 1. The molecule has 1 fully saturated rings. The number of carbonyl (C=O) groups excluding carboxylic acids is 4. The van der Waals surface area contributed by atoms with Gasteiger partial charge in [-0.05, 0) is 55.5 Å². The lowest BCUT2D eigenvalue weighted by Crippen LogP contribution is -2.35. The predicted molar refractivity (Wildman–Crippen MR) is 119 cm³/mol. The summed E-state index contributed by atoms with van der Waals surface area (Å²) in [6.45, 7) is 1.33. The zero-order valence-electron chi connectivity index (χ0n) is 18.6. The van der Waals surface area contributed by atoms with Crippen LogP contribution in [0.1, 0.15) is 57.1 Å². The predicted octanol–water partition coefficient (Wildman–Crippen LogP) is 2.80. The molecule has 0 aromatic heterocycles. The number of amides is 3. The third kappa shape index (κ3) is 5.05. The van der Waals surface area contributed by atoms with Crippen LogP contribution in [0.15, 0.2) is 42.5 Å². The van der Waals surface area contributed by atoms with Crippen LogP contribution in [0, 0.1) is 12.8 Å². The zero-order valence-corrected chi connectivity index (χ0v) is 18.6. The van der Waals surface area contributed by atoms with Crippen molar-refractivity contribution in [2.45, 2.75) is 32.2 Å². The first kappa shape index (κ1) is 22.5. The lowest BCUT2D eigenvalue weighted by atomic mass is 10.0. The lowest BCUT2D eigenvalue weighted by Gasteiger charge is -2.19. The molecule has 33 heavy (non-hydrogen) atoms. The maximum atomic E-state index is 12.5. The van der Waals surface area contributed by atoms with Crippen molar-refractivity contribution in [1.82, 2.24) is 10.2 Å². The van der Waals surface area contributed by atoms with Gasteiger partial charge in [-0.1, -0.05) is 23.8 Å². The number of carbonyl (C=O) groups is 4. The van der Waals surface area contributed by atoms with Crippen LogP contribution in [0.3, 0.4) is 0 Å². The molecule has 1 aliphatic carbocycles. The number of nitrogens with one attached hydrogen (secondary N) is 1. The second-order valence-electron chi connectivity index (χ2n) is 8.38. The molecule has 0 bridgehead atoms. The van der Waals surface area contributed by atoms with Gasteiger partial charge in [0.25, 0.3) is 17.7 Å². The second-order valence-corrected chi connectivity index (χ2v) is 8.38. The van der Waals surface area contributed by atoms with Crippen molar-refractivity contribution in [2.75, 3.05) is 20.3 Å². The van der Waals surface area contributed by atoms with E-state index in [1.807, 2.05) is 31.2 Å². The highest BCUT2D eigenvalue weighted by Gasteiger charge is 2.36. The molecule has 172 valence electrons. The van der Waals surface area contributed by atoms with Crippen LogP contribution in [0.5, 0.6) is 5.75 Å². The number of ether oxygens (including phenoxy) is 2. The molecule has 2 aliphatic rings. The molecule has 2 aromatic carbocycles. The molecule has 1 N–H and O–H groups in total. The van der Waals surface area contributed by atoms with E-state index < -0.39 is 30.3 Å². The minimum atomic E-state index is -0.648. The van der Waals surface area contributed by atoms with Crippen molar-refractivity contribution < 1.29 is 28.7 Å². The topological polar surface area (TPSA) is 102 Å². The standard InChI is InChI=1S/C25H26N2O6/c1-15-3-10-19-20(13-15)25(31)27(24(19)30)12-11-22(29)33-14-21(28)26-23(16-4-5-16)17-6-8-18(32-2)9-7-17/h3,6-10,13,16,23H,4-5,11-12,14H2,1-2H3,(H,26,28). The number of fused-ring (bicyclic) bond motifs is 1. The third-order valence-corrected chi connectivity index (χ3v) is 5.91. The van der Waals surface area contributed by atoms with Gasteiger partial charge in [-0.15, -0.1) is 0 Å². The summed E-state index contributed by atoms with van der Waals surface area (Å²) in [4.78, 5) is 50.5. The molecule has 0 radical (unpaired) electrons. The van der Waals surface area contributed by atoms with Gasteiger partial charge in [-0.25, -0.2) is 0 Å². The molecule has 3 amide bonds. The normalized spacial score (nSPS) is 15.8. The van der Waals surface area contributed by atoms with E-state index in [1.54, 1.807) is 25.3 Å². The van der Waals surface area contributed by atoms with Gasteiger partial charge in [0.2, 0.25) is 0 Å². The molecule has 1 aliphatic heterocycles. The minimum Gasteiger partial charge on any atom is -0.497 e. The van der Waals surface area contributed by atoms with Crippen LogP contribution in [0.25, 0.3) is 0 Å². The fraction of sp³-hybridized carbons (Fsp3) is 0.360. The highest BCUT2D eigenvalue weighted by molar-refractivity contribution is 6.21. The maximum absolute atomic E-state index is 12.5. The Hall–Kier alpha value is -3.68. The molecule has 1 atom stereocenters. The Morgan fingerprint density at radius 1 is 1.06 bits per heavy atom. The Kier molecular flexibility index (Phi) is 6.44. The SMILES string of the molecule is COc1ccc(C(NC(=O)COC(=O)CCN2C(=O)c3ccc(C)cc3C2=O)C2CC2)cc1. The fourth-order valence-corrected chi connectivity index (χ4v) is 3.96. The minimum absolute atomic E-state index is 0.0948. The summed E-state index contributed by atoms with van der Waals surface area (Å²) in [7, 11) is 1.60. The number of imide groups is 1. The quantitative estimate of drug-likeness (QED) is 0.466. The summed E-state index contributed by atoms with van der Waals surface area (Å²) >= 11 is 0. The molecular weight excluding hydrogens is 424 g/mol. The number of esters is 1. The van der Waals surface area contributed by atoms with Crippen LogP contribution >= 0.6 is 0 Å². The van der Waals surface area contributed by atoms with Crippen LogP contribution in [-0.2, 0) is 14.3 Å². The van der Waals surface area contributed by atoms with Gasteiger partial charge in [0.15, 0.2) is 6.61 Å². The van der Waals surface area contributed by atoms with Gasteiger partial charge in [0.05, 0.1) is 30.7 Å². The summed E-state index contributed by atoms with van der Waals surface area (Å²) in [5, 5.41) is 2.94. The largest absolute Gasteiger partial charge is 0.497 e. The van der Waals surface area contributed by atoms with Crippen molar-refractivity contribution in [2.24, 2.45) is 5.92 Å². The van der Waals surface area contributed by atoms with E-state index >= 15 is 0 Å². The van der Waals surface area contributed by atoms with Crippen molar-refractivity contribution >= 4 is 23.7 Å². The average molecular weight is 450 g/mol. The van der Waals surface area contributed by atoms with Crippen molar-refractivity contribution in [3.8, 4) is 5.75 Å². The van der Waals surface area contributed by atoms with Gasteiger partial charge in [0, 0.05) is 6.54 Å². The van der Waals surface area contributed by atoms with Crippen LogP contribution in [-0.4, -0.2) is 48.9 Å². The Labute approximate surface area is 191 Å². The van der Waals surface area contributed by atoms with E-state index in [0.29, 0.717) is 17.0 Å². The number of aryl methyl sites for hydroxylation is 1. The smallest absolute Gasteiger partial charge is 0.308 e. The molecule has 1 saturated carbocycles. The molecule has 8 heteroatoms. The van der Waals surface area contributed by atoms with Crippen LogP contribution < -0.4 is 10.1 Å². The van der Waals surface area contributed by atoms with E-state index in [-0.39, 0.29) is 19.0 Å². The lowest BCUT2D eigenvalue weighted by molar-refractivity contribution is -0.148. The molecule has 0 spiro atoms. The summed E-state index contributed by atoms with van der Waals surface area (Å²) < 4.78 is 10.3. The number of hydrogen-bond acceptors (Lipinski definition) is 6. The molecule has 0 saturated heterocycles. The van der Waals surface area contributed by atoms with Gasteiger partial charge >= 0.3 is 5.97 Å². The molecule has 2 aromatic rings. The molecule has 8 nitrogen and oxygen atoms in total. The highest BCUT2D eigenvalue weighted by atomic mass is 16.5. The van der Waals surface area contributed by atoms with Crippen molar-refractivity contribution in [1.29, 1.82) is 0 Å². The van der Waals surface area contributed by atoms with E-state index in [2.05, 4.69) is 5.32 Å². The monoisotopic (exact) mass is 450 g/mol. The average Bonchev–Trinajstić information content (AvgIpc) is 3.63. The first-order valence-electron chi connectivity index (χ1n) is 10.9. The Bertz CT molecular complexity index is 1090. The first-order chi connectivity index (χ1) is 15.9. The fourth-order valence-electron chi connectivity index (χ4n) is 3.96. The summed E-state index contributed by atoms with van der Waals surface area (Å²) in [6, 6.07) is 12.4. The van der Waals surface area contributed by atoms with Crippen LogP contribution in [0.2, 0.25) is 0 Å². The summed E-state index contributed by atoms with van der Waals surface area (Å²) in [5.74, 6) is -0.793. The van der Waals surface area contributed by atoms with Gasteiger partial charge < -0.3 is 14.8 Å². The number of benzene rings is 2. The molecule has 4 rings (SSSR count). The molecular formula is C25H26N2O6. The Balaban J connectivity index is 1.26. The van der Waals surface area contributed by atoms with Gasteiger partial charge in [-0.2, -0.15) is 0 Å². The maximum Gasteiger partial charge on any atom is 0.308 e. The molecule has 1 heterocycles. The Morgan fingerprint density at radius 3 is 2.42 bits per heavy atom. The zero-order chi connectivity index (χ0) is 23.5. The summed E-state index contributed by atoms with van der Waals surface area (Å²) in [6.07, 6.45) is 1.87. The number of hydrogen-bond donors (Lipinski definition) is 1. The van der Waals surface area contributed by atoms with Crippen molar-refractivity contribution in [3.05, 3.63) is 64.7 Å². The van der Waals surface area contributed by atoms with E-state index in [1.165, 1.54) is 0 Å². The third-order valence-electron chi connectivity index (χ3n) is 5.91. The molecule has 1 unspecified atom stereocenters. The second kappa shape index (κ2) is 9.44. The van der Waals surface area contributed by atoms with Gasteiger partial charge in [-0.3, -0.25) is 24.1 Å². The van der Waals surface area contributed by atoms with Crippen LogP contribution in [0.4, 0.5) is 0 Å². The number of methoxy groups -OCH3 is 1. The van der Waals surface area contributed by atoms with Gasteiger partial charge in [0.1, 0.15) is 5.75 Å². The van der Waals surface area contributed by atoms with E-state index in [9.17, 15) is 19.2 Å². The summed E-state index contributed by atoms with van der Waals surface area (Å²) in [5.41, 5.74) is 2.53. The van der Waals surface area contributed by atoms with E-state index in [0.717, 1.165) is 34.6 Å². The number of rotatable bonds is 9.